The summed E-state index contributed by atoms with van der Waals surface area (Å²) in [5.74, 6) is 2.50. The van der Waals surface area contributed by atoms with E-state index in [-0.39, 0.29) is 16.9 Å². The monoisotopic (exact) mass is 308 g/mol. The fourth-order valence-corrected chi connectivity index (χ4v) is 5.48. The van der Waals surface area contributed by atoms with E-state index in [2.05, 4.69) is 31.4 Å². The molecule has 4 heteroatoms. The van der Waals surface area contributed by atoms with E-state index in [4.69, 9.17) is 12.2 Å². The van der Waals surface area contributed by atoms with Crippen molar-refractivity contribution in [3.63, 3.8) is 0 Å². The quantitative estimate of drug-likeness (QED) is 0.730. The molecule has 4 bridgehead atoms. The normalized spacial score (nSPS) is 38.0. The Hall–Kier alpha value is -0.640. The number of hydrogen-bond acceptors (Lipinski definition) is 2. The SMILES string of the molecule is CC(C)(C)NC(=S)NC(=O)C12CC3C[C@@H](CC[C@H](C3)C1)C2. The van der Waals surface area contributed by atoms with Crippen molar-refractivity contribution in [1.82, 2.24) is 10.6 Å². The molecule has 0 aromatic heterocycles. The Balaban J connectivity index is 1.70. The van der Waals surface area contributed by atoms with E-state index in [1.807, 2.05) is 0 Å². The molecule has 4 aliphatic carbocycles. The first kappa shape index (κ1) is 15.3. The predicted molar refractivity (Wildman–Crippen MR) is 88.9 cm³/mol. The predicted octanol–water partition coefficient (Wildman–Crippen LogP) is 3.38. The molecule has 4 rings (SSSR count). The van der Waals surface area contributed by atoms with Crippen molar-refractivity contribution in [3.8, 4) is 0 Å². The Morgan fingerprint density at radius 1 is 1.05 bits per heavy atom. The van der Waals surface area contributed by atoms with Crippen LogP contribution in [-0.2, 0) is 4.79 Å². The summed E-state index contributed by atoms with van der Waals surface area (Å²) in [6.07, 6.45) is 8.64. The molecule has 2 N–H and O–H groups in total. The summed E-state index contributed by atoms with van der Waals surface area (Å²) < 4.78 is 0. The van der Waals surface area contributed by atoms with Crippen molar-refractivity contribution in [3.05, 3.63) is 0 Å². The maximum Gasteiger partial charge on any atom is 0.232 e. The lowest BCUT2D eigenvalue weighted by Crippen LogP contribution is -2.54. The minimum absolute atomic E-state index is 0.108. The Bertz CT molecular complexity index is 438. The van der Waals surface area contributed by atoms with Crippen molar-refractivity contribution in [1.29, 1.82) is 0 Å². The molecule has 2 atom stereocenters. The third kappa shape index (κ3) is 3.25. The molecule has 0 spiro atoms. The van der Waals surface area contributed by atoms with Crippen molar-refractivity contribution < 1.29 is 4.79 Å². The maximum absolute atomic E-state index is 12.9. The van der Waals surface area contributed by atoms with E-state index in [0.29, 0.717) is 5.11 Å². The minimum Gasteiger partial charge on any atom is -0.358 e. The summed E-state index contributed by atoms with van der Waals surface area (Å²) >= 11 is 5.32. The summed E-state index contributed by atoms with van der Waals surface area (Å²) in [6.45, 7) is 6.17. The zero-order chi connectivity index (χ0) is 15.3. The van der Waals surface area contributed by atoms with E-state index in [1.165, 1.54) is 25.7 Å². The second kappa shape index (κ2) is 5.22. The van der Waals surface area contributed by atoms with Gasteiger partial charge in [0.2, 0.25) is 5.91 Å². The van der Waals surface area contributed by atoms with Crippen molar-refractivity contribution in [2.24, 2.45) is 23.2 Å². The molecule has 0 unspecified atom stereocenters. The van der Waals surface area contributed by atoms with Crippen molar-refractivity contribution in [2.45, 2.75) is 71.3 Å². The number of rotatable bonds is 1. The van der Waals surface area contributed by atoms with Gasteiger partial charge in [0.15, 0.2) is 5.11 Å². The topological polar surface area (TPSA) is 41.1 Å². The van der Waals surface area contributed by atoms with Crippen LogP contribution < -0.4 is 10.6 Å². The molecule has 0 saturated heterocycles. The second-order valence-electron chi connectivity index (χ2n) is 8.70. The van der Waals surface area contributed by atoms with Crippen LogP contribution in [0.5, 0.6) is 0 Å². The Morgan fingerprint density at radius 2 is 1.57 bits per heavy atom. The summed E-state index contributed by atoms with van der Waals surface area (Å²) in [5, 5.41) is 6.69. The van der Waals surface area contributed by atoms with Crippen LogP contribution in [0, 0.1) is 23.2 Å². The number of carbonyl (C=O) groups excluding carboxylic acids is 1. The number of amides is 1. The molecular formula is C17H28N2OS. The summed E-state index contributed by atoms with van der Waals surface area (Å²) in [6, 6.07) is 0. The van der Waals surface area contributed by atoms with E-state index < -0.39 is 0 Å². The summed E-state index contributed by atoms with van der Waals surface area (Å²) in [4.78, 5) is 12.9. The first-order valence-corrected chi connectivity index (χ1v) is 8.80. The number of thiocarbonyl (C=S) groups is 1. The highest BCUT2D eigenvalue weighted by Crippen LogP contribution is 2.57. The summed E-state index contributed by atoms with van der Waals surface area (Å²) in [5.41, 5.74) is -0.237. The first-order valence-electron chi connectivity index (χ1n) is 8.39. The molecule has 0 aromatic carbocycles. The molecule has 21 heavy (non-hydrogen) atoms. The fraction of sp³-hybridized carbons (Fsp3) is 0.882. The third-order valence-corrected chi connectivity index (χ3v) is 5.76. The van der Waals surface area contributed by atoms with Crippen LogP contribution in [0.1, 0.15) is 65.7 Å². The molecule has 0 heterocycles. The van der Waals surface area contributed by atoms with Crippen LogP contribution in [0.25, 0.3) is 0 Å². The number of nitrogens with one attached hydrogen (secondary N) is 2. The van der Waals surface area contributed by atoms with Crippen molar-refractivity contribution in [2.75, 3.05) is 0 Å². The highest BCUT2D eigenvalue weighted by atomic mass is 32.1. The lowest BCUT2D eigenvalue weighted by molar-refractivity contribution is -0.137. The molecular weight excluding hydrogens is 280 g/mol. The lowest BCUT2D eigenvalue weighted by atomic mass is 9.58. The van der Waals surface area contributed by atoms with Gasteiger partial charge in [0.25, 0.3) is 0 Å². The van der Waals surface area contributed by atoms with E-state index >= 15 is 0 Å². The minimum atomic E-state index is -0.128. The summed E-state index contributed by atoms with van der Waals surface area (Å²) in [7, 11) is 0. The van der Waals surface area contributed by atoms with Gasteiger partial charge in [-0.2, -0.15) is 0 Å². The van der Waals surface area contributed by atoms with E-state index in [9.17, 15) is 4.79 Å². The fourth-order valence-electron chi connectivity index (χ4n) is 5.08. The van der Waals surface area contributed by atoms with E-state index in [1.54, 1.807) is 0 Å². The first-order chi connectivity index (χ1) is 9.76. The van der Waals surface area contributed by atoms with Gasteiger partial charge in [-0.1, -0.05) is 12.8 Å². The highest BCUT2D eigenvalue weighted by molar-refractivity contribution is 7.80. The van der Waals surface area contributed by atoms with Crippen LogP contribution in [0.4, 0.5) is 0 Å². The number of fused-ring (bicyclic) bond motifs is 1. The van der Waals surface area contributed by atoms with Gasteiger partial charge in [-0.15, -0.1) is 0 Å². The molecule has 1 amide bonds. The van der Waals surface area contributed by atoms with Gasteiger partial charge in [-0.05, 0) is 82.8 Å². The lowest BCUT2D eigenvalue weighted by Gasteiger charge is -2.47. The standard InChI is InChI=1S/C17H28N2OS/c1-16(2,3)19-15(21)18-14(20)17-8-11-4-5-12(9-17)7-13(6-11)10-17/h11-13H,4-10H2,1-3H3,(H2,18,19,20,21)/t11-,12-,13?,17?/m1/s1. The largest absolute Gasteiger partial charge is 0.358 e. The zero-order valence-corrected chi connectivity index (χ0v) is 14.3. The molecule has 4 fully saturated rings. The van der Waals surface area contributed by atoms with Gasteiger partial charge in [0, 0.05) is 5.54 Å². The molecule has 4 saturated carbocycles. The van der Waals surface area contributed by atoms with Gasteiger partial charge in [0.05, 0.1) is 5.41 Å². The van der Waals surface area contributed by atoms with Gasteiger partial charge in [-0.25, -0.2) is 0 Å². The number of carbonyl (C=O) groups is 1. The smallest absolute Gasteiger partial charge is 0.232 e. The highest BCUT2D eigenvalue weighted by Gasteiger charge is 2.52. The molecule has 0 aromatic rings. The Labute approximate surface area is 133 Å². The maximum atomic E-state index is 12.9. The number of hydrogen-bond donors (Lipinski definition) is 2. The molecule has 3 nitrogen and oxygen atoms in total. The molecule has 118 valence electrons. The Kier molecular flexibility index (Phi) is 3.79. The van der Waals surface area contributed by atoms with Gasteiger partial charge in [-0.3, -0.25) is 4.79 Å². The molecule has 0 aliphatic heterocycles. The van der Waals surface area contributed by atoms with Gasteiger partial charge >= 0.3 is 0 Å². The molecule has 4 aliphatic rings. The van der Waals surface area contributed by atoms with Crippen molar-refractivity contribution >= 4 is 23.2 Å². The molecule has 0 radical (unpaired) electrons. The van der Waals surface area contributed by atoms with Crippen LogP contribution in [-0.4, -0.2) is 16.6 Å². The van der Waals surface area contributed by atoms with Gasteiger partial charge < -0.3 is 10.6 Å². The van der Waals surface area contributed by atoms with Crippen LogP contribution in [0.2, 0.25) is 0 Å². The average Bonchev–Trinajstić information content (AvgIpc) is 2.53. The second-order valence-corrected chi connectivity index (χ2v) is 9.11. The van der Waals surface area contributed by atoms with Crippen LogP contribution >= 0.6 is 12.2 Å². The Morgan fingerprint density at radius 3 is 2.10 bits per heavy atom. The third-order valence-electron chi connectivity index (χ3n) is 5.55. The zero-order valence-electron chi connectivity index (χ0n) is 13.5. The van der Waals surface area contributed by atoms with Crippen LogP contribution in [0.15, 0.2) is 0 Å². The van der Waals surface area contributed by atoms with Crippen LogP contribution in [0.3, 0.4) is 0 Å². The van der Waals surface area contributed by atoms with E-state index in [0.717, 1.165) is 37.0 Å². The van der Waals surface area contributed by atoms with Gasteiger partial charge in [0.1, 0.15) is 0 Å². The average molecular weight is 308 g/mol.